The number of anilines is 1. The molecule has 0 spiro atoms. The first-order chi connectivity index (χ1) is 4.22. The molecule has 1 aromatic heterocycles. The van der Waals surface area contributed by atoms with Crippen LogP contribution in [0.15, 0.2) is 15.7 Å². The molecule has 0 bridgehead atoms. The monoisotopic (exact) mass is 189 g/mol. The molecule has 0 aliphatic rings. The Hall–Kier alpha value is -0.840. The second kappa shape index (κ2) is 2.18. The molecule has 0 fully saturated rings. The van der Waals surface area contributed by atoms with Crippen molar-refractivity contribution in [1.29, 1.82) is 0 Å². The first-order valence-electron chi connectivity index (χ1n) is 2.20. The SMILES string of the molecule is Nc1c(Br)nc[nH]c1=O. The van der Waals surface area contributed by atoms with Crippen molar-refractivity contribution < 1.29 is 0 Å². The number of nitrogens with one attached hydrogen (secondary N) is 1. The first kappa shape index (κ1) is 6.28. The molecule has 4 nitrogen and oxygen atoms in total. The van der Waals surface area contributed by atoms with Crippen molar-refractivity contribution in [3.05, 3.63) is 21.3 Å². The standard InChI is InChI=1S/C4H4BrN3O/c5-3-2(6)4(9)8-1-7-3/h1H,6H2,(H,7,8,9). The van der Waals surface area contributed by atoms with E-state index in [1.165, 1.54) is 6.33 Å². The van der Waals surface area contributed by atoms with E-state index >= 15 is 0 Å². The molecule has 1 heterocycles. The largest absolute Gasteiger partial charge is 0.392 e. The van der Waals surface area contributed by atoms with Crippen molar-refractivity contribution in [2.75, 3.05) is 5.73 Å². The lowest BCUT2D eigenvalue weighted by atomic mass is 10.6. The Labute approximate surface area is 59.2 Å². The van der Waals surface area contributed by atoms with E-state index in [1.807, 2.05) is 0 Å². The summed E-state index contributed by atoms with van der Waals surface area (Å²) < 4.78 is 0.381. The smallest absolute Gasteiger partial charge is 0.275 e. The molecule has 0 saturated carbocycles. The predicted octanol–water partition coefficient (Wildman–Crippen LogP) is 0.115. The van der Waals surface area contributed by atoms with Crippen molar-refractivity contribution in [2.24, 2.45) is 0 Å². The molecule has 0 aliphatic carbocycles. The number of aromatic amines is 1. The number of halogens is 1. The molecule has 3 N–H and O–H groups in total. The normalized spacial score (nSPS) is 9.44. The molecule has 0 saturated heterocycles. The van der Waals surface area contributed by atoms with Gasteiger partial charge in [0.05, 0.1) is 6.33 Å². The van der Waals surface area contributed by atoms with Gasteiger partial charge in [0, 0.05) is 0 Å². The van der Waals surface area contributed by atoms with Gasteiger partial charge in [0.15, 0.2) is 0 Å². The van der Waals surface area contributed by atoms with Crippen LogP contribution in [0.3, 0.4) is 0 Å². The Kier molecular flexibility index (Phi) is 1.52. The minimum Gasteiger partial charge on any atom is -0.392 e. The lowest BCUT2D eigenvalue weighted by Gasteiger charge is -1.90. The Morgan fingerprint density at radius 3 is 2.89 bits per heavy atom. The Balaban J connectivity index is 3.43. The van der Waals surface area contributed by atoms with Crippen molar-refractivity contribution in [3.8, 4) is 0 Å². The zero-order valence-corrected chi connectivity index (χ0v) is 5.97. The van der Waals surface area contributed by atoms with E-state index in [0.29, 0.717) is 4.60 Å². The number of aromatic nitrogens is 2. The fourth-order valence-electron chi connectivity index (χ4n) is 0.389. The molecule has 0 aromatic carbocycles. The third-order valence-corrected chi connectivity index (χ3v) is 1.47. The predicted molar refractivity (Wildman–Crippen MR) is 37.0 cm³/mol. The van der Waals surface area contributed by atoms with Crippen LogP contribution in [0.25, 0.3) is 0 Å². The van der Waals surface area contributed by atoms with Gasteiger partial charge >= 0.3 is 0 Å². The van der Waals surface area contributed by atoms with Crippen LogP contribution in [0, 0.1) is 0 Å². The van der Waals surface area contributed by atoms with E-state index in [2.05, 4.69) is 25.9 Å². The van der Waals surface area contributed by atoms with Crippen molar-refractivity contribution in [2.45, 2.75) is 0 Å². The van der Waals surface area contributed by atoms with Crippen LogP contribution in [-0.2, 0) is 0 Å². The number of hydrogen-bond acceptors (Lipinski definition) is 3. The summed E-state index contributed by atoms with van der Waals surface area (Å²) >= 11 is 2.99. The average Bonchev–Trinajstić information content (AvgIpc) is 1.83. The van der Waals surface area contributed by atoms with Gasteiger partial charge in [-0.05, 0) is 15.9 Å². The fraction of sp³-hybridized carbons (Fsp3) is 0. The summed E-state index contributed by atoms with van der Waals surface area (Å²) in [6.07, 6.45) is 1.28. The first-order valence-corrected chi connectivity index (χ1v) is 3.00. The number of H-pyrrole nitrogens is 1. The summed E-state index contributed by atoms with van der Waals surface area (Å²) in [5.41, 5.74) is 5.02. The second-order valence-corrected chi connectivity index (χ2v) is 2.19. The van der Waals surface area contributed by atoms with Gasteiger partial charge in [0.2, 0.25) is 0 Å². The molecule has 0 amide bonds. The van der Waals surface area contributed by atoms with Crippen LogP contribution in [0.5, 0.6) is 0 Å². The maximum Gasteiger partial charge on any atom is 0.275 e. The zero-order chi connectivity index (χ0) is 6.85. The molecule has 48 valence electrons. The van der Waals surface area contributed by atoms with Gasteiger partial charge in [0.25, 0.3) is 5.56 Å². The molecular formula is C4H4BrN3O. The van der Waals surface area contributed by atoms with Gasteiger partial charge in [0.1, 0.15) is 10.3 Å². The van der Waals surface area contributed by atoms with E-state index in [0.717, 1.165) is 0 Å². The molecule has 1 aromatic rings. The summed E-state index contributed by atoms with van der Waals surface area (Å²) in [4.78, 5) is 16.6. The van der Waals surface area contributed by atoms with Crippen LogP contribution >= 0.6 is 15.9 Å². The average molecular weight is 190 g/mol. The Bertz CT molecular complexity index is 269. The van der Waals surface area contributed by atoms with E-state index in [4.69, 9.17) is 5.73 Å². The van der Waals surface area contributed by atoms with E-state index in [-0.39, 0.29) is 11.2 Å². The Morgan fingerprint density at radius 2 is 2.44 bits per heavy atom. The number of hydrogen-bond donors (Lipinski definition) is 2. The highest BCUT2D eigenvalue weighted by molar-refractivity contribution is 9.10. The van der Waals surface area contributed by atoms with Crippen LogP contribution in [-0.4, -0.2) is 9.97 Å². The minimum atomic E-state index is -0.322. The van der Waals surface area contributed by atoms with Gasteiger partial charge < -0.3 is 10.7 Å². The maximum absolute atomic E-state index is 10.6. The highest BCUT2D eigenvalue weighted by Crippen LogP contribution is 2.07. The highest BCUT2D eigenvalue weighted by atomic mass is 79.9. The van der Waals surface area contributed by atoms with Gasteiger partial charge in [-0.1, -0.05) is 0 Å². The minimum absolute atomic E-state index is 0.109. The molecule has 0 aliphatic heterocycles. The molecule has 9 heavy (non-hydrogen) atoms. The quantitative estimate of drug-likeness (QED) is 0.570. The van der Waals surface area contributed by atoms with Gasteiger partial charge in [-0.3, -0.25) is 4.79 Å². The van der Waals surface area contributed by atoms with E-state index < -0.39 is 0 Å². The van der Waals surface area contributed by atoms with Crippen LogP contribution in [0.1, 0.15) is 0 Å². The summed E-state index contributed by atoms with van der Waals surface area (Å²) in [6.45, 7) is 0. The molecule has 1 rings (SSSR count). The Morgan fingerprint density at radius 1 is 1.78 bits per heavy atom. The lowest BCUT2D eigenvalue weighted by molar-refractivity contribution is 1.10. The van der Waals surface area contributed by atoms with E-state index in [9.17, 15) is 4.79 Å². The number of nitrogens with two attached hydrogens (primary N) is 1. The lowest BCUT2D eigenvalue weighted by Crippen LogP contribution is -2.12. The summed E-state index contributed by atoms with van der Waals surface area (Å²) in [5.74, 6) is 0. The number of rotatable bonds is 0. The highest BCUT2D eigenvalue weighted by Gasteiger charge is 1.97. The van der Waals surface area contributed by atoms with Crippen molar-refractivity contribution in [1.82, 2.24) is 9.97 Å². The van der Waals surface area contributed by atoms with E-state index in [1.54, 1.807) is 0 Å². The summed E-state index contributed by atoms with van der Waals surface area (Å²) in [6, 6.07) is 0. The fourth-order valence-corrected chi connectivity index (χ4v) is 0.671. The number of nitrogen functional groups attached to an aromatic ring is 1. The van der Waals surface area contributed by atoms with Crippen LogP contribution in [0.4, 0.5) is 5.69 Å². The summed E-state index contributed by atoms with van der Waals surface area (Å²) in [7, 11) is 0. The molecule has 5 heteroatoms. The molecule has 0 radical (unpaired) electrons. The third kappa shape index (κ3) is 1.10. The zero-order valence-electron chi connectivity index (χ0n) is 4.39. The molecule has 0 unspecified atom stereocenters. The topological polar surface area (TPSA) is 71.8 Å². The van der Waals surface area contributed by atoms with Crippen molar-refractivity contribution >= 4 is 21.6 Å². The molecule has 0 atom stereocenters. The second-order valence-electron chi connectivity index (χ2n) is 1.44. The van der Waals surface area contributed by atoms with Gasteiger partial charge in [-0.2, -0.15) is 0 Å². The third-order valence-electron chi connectivity index (χ3n) is 0.840. The number of nitrogens with zero attached hydrogens (tertiary/aromatic N) is 1. The van der Waals surface area contributed by atoms with Crippen LogP contribution in [0.2, 0.25) is 0 Å². The summed E-state index contributed by atoms with van der Waals surface area (Å²) in [5, 5.41) is 0. The van der Waals surface area contributed by atoms with Gasteiger partial charge in [-0.25, -0.2) is 4.98 Å². The van der Waals surface area contributed by atoms with Crippen molar-refractivity contribution in [3.63, 3.8) is 0 Å². The maximum atomic E-state index is 10.6. The van der Waals surface area contributed by atoms with Crippen LogP contribution < -0.4 is 11.3 Å². The molecular weight excluding hydrogens is 186 g/mol. The van der Waals surface area contributed by atoms with Gasteiger partial charge in [-0.15, -0.1) is 0 Å².